The molecule has 0 aliphatic rings. The first-order valence-electron chi connectivity index (χ1n) is 5.55. The fourth-order valence-electron chi connectivity index (χ4n) is 1.49. The van der Waals surface area contributed by atoms with Crippen LogP contribution in [0.15, 0.2) is 18.3 Å². The molecular formula is C12H17N3O. The molecule has 0 aromatic carbocycles. The monoisotopic (exact) mass is 219 g/mol. The fraction of sp³-hybridized carbons (Fsp3) is 0.500. The Hall–Kier alpha value is -1.76. The first-order valence-corrected chi connectivity index (χ1v) is 5.55. The van der Waals surface area contributed by atoms with Crippen molar-refractivity contribution in [3.05, 3.63) is 24.0 Å². The van der Waals surface area contributed by atoms with E-state index < -0.39 is 0 Å². The number of rotatable bonds is 5. The van der Waals surface area contributed by atoms with Gasteiger partial charge in [-0.3, -0.25) is 4.79 Å². The normalized spacial score (nSPS) is 11.8. The van der Waals surface area contributed by atoms with Gasteiger partial charge in [0.25, 0.3) is 0 Å². The summed E-state index contributed by atoms with van der Waals surface area (Å²) in [6.45, 7) is 4.57. The SMILES string of the molecule is CCCCNC(=O)C(C)n1cccc1C#N. The maximum atomic E-state index is 11.7. The van der Waals surface area contributed by atoms with E-state index in [0.29, 0.717) is 12.2 Å². The molecule has 1 rings (SSSR count). The van der Waals surface area contributed by atoms with E-state index in [1.54, 1.807) is 29.8 Å². The minimum absolute atomic E-state index is 0.0406. The van der Waals surface area contributed by atoms with Gasteiger partial charge in [0.2, 0.25) is 5.91 Å². The molecule has 0 aliphatic heterocycles. The molecule has 1 N–H and O–H groups in total. The van der Waals surface area contributed by atoms with E-state index in [0.717, 1.165) is 12.8 Å². The van der Waals surface area contributed by atoms with E-state index in [9.17, 15) is 4.79 Å². The molecular weight excluding hydrogens is 202 g/mol. The summed E-state index contributed by atoms with van der Waals surface area (Å²) in [6, 6.07) is 5.21. The highest BCUT2D eigenvalue weighted by Gasteiger charge is 2.15. The average Bonchev–Trinajstić information content (AvgIpc) is 2.76. The quantitative estimate of drug-likeness (QED) is 0.768. The molecule has 0 radical (unpaired) electrons. The molecule has 0 spiro atoms. The molecule has 1 aromatic heterocycles. The van der Waals surface area contributed by atoms with E-state index in [2.05, 4.69) is 18.3 Å². The Labute approximate surface area is 95.9 Å². The molecule has 4 nitrogen and oxygen atoms in total. The van der Waals surface area contributed by atoms with Gasteiger partial charge in [0.05, 0.1) is 0 Å². The minimum Gasteiger partial charge on any atom is -0.354 e. The molecule has 0 aliphatic carbocycles. The number of amides is 1. The zero-order chi connectivity index (χ0) is 12.0. The third-order valence-corrected chi connectivity index (χ3v) is 2.52. The van der Waals surface area contributed by atoms with Crippen LogP contribution in [-0.4, -0.2) is 17.0 Å². The highest BCUT2D eigenvalue weighted by molar-refractivity contribution is 5.80. The molecule has 1 atom stereocenters. The number of nitrogens with one attached hydrogen (secondary N) is 1. The molecule has 1 heterocycles. The summed E-state index contributed by atoms with van der Waals surface area (Å²) in [7, 11) is 0. The molecule has 0 saturated heterocycles. The number of carbonyl (C=O) groups excluding carboxylic acids is 1. The van der Waals surface area contributed by atoms with Crippen LogP contribution < -0.4 is 5.32 Å². The summed E-state index contributed by atoms with van der Waals surface area (Å²) in [5, 5.41) is 11.7. The average molecular weight is 219 g/mol. The summed E-state index contributed by atoms with van der Waals surface area (Å²) in [5.74, 6) is -0.0406. The smallest absolute Gasteiger partial charge is 0.242 e. The third kappa shape index (κ3) is 2.86. The van der Waals surface area contributed by atoms with Crippen LogP contribution in [-0.2, 0) is 4.79 Å². The highest BCUT2D eigenvalue weighted by Crippen LogP contribution is 2.10. The van der Waals surface area contributed by atoms with E-state index >= 15 is 0 Å². The lowest BCUT2D eigenvalue weighted by molar-refractivity contribution is -0.123. The van der Waals surface area contributed by atoms with Crippen LogP contribution in [0.25, 0.3) is 0 Å². The van der Waals surface area contributed by atoms with E-state index in [1.807, 2.05) is 0 Å². The van der Waals surface area contributed by atoms with Crippen LogP contribution in [0.4, 0.5) is 0 Å². The van der Waals surface area contributed by atoms with Crippen molar-refractivity contribution < 1.29 is 4.79 Å². The third-order valence-electron chi connectivity index (χ3n) is 2.52. The van der Waals surface area contributed by atoms with Crippen LogP contribution in [0.1, 0.15) is 38.4 Å². The summed E-state index contributed by atoms with van der Waals surface area (Å²) in [6.07, 6.45) is 3.79. The van der Waals surface area contributed by atoms with Crippen molar-refractivity contribution in [2.75, 3.05) is 6.54 Å². The van der Waals surface area contributed by atoms with Crippen LogP contribution >= 0.6 is 0 Å². The first-order chi connectivity index (χ1) is 7.70. The van der Waals surface area contributed by atoms with Gasteiger partial charge in [-0.25, -0.2) is 0 Å². The van der Waals surface area contributed by atoms with Crippen molar-refractivity contribution >= 4 is 5.91 Å². The molecule has 1 unspecified atom stereocenters. The van der Waals surface area contributed by atoms with E-state index in [1.165, 1.54) is 0 Å². The van der Waals surface area contributed by atoms with Crippen molar-refractivity contribution in [3.63, 3.8) is 0 Å². The second kappa shape index (κ2) is 5.96. The Morgan fingerprint density at radius 1 is 1.69 bits per heavy atom. The number of hydrogen-bond acceptors (Lipinski definition) is 2. The summed E-state index contributed by atoms with van der Waals surface area (Å²) in [5.41, 5.74) is 0.512. The van der Waals surface area contributed by atoms with Gasteiger partial charge in [-0.2, -0.15) is 5.26 Å². The Bertz CT molecular complexity index is 389. The molecule has 0 saturated carbocycles. The zero-order valence-electron chi connectivity index (χ0n) is 9.73. The van der Waals surface area contributed by atoms with Crippen LogP contribution in [0.5, 0.6) is 0 Å². The summed E-state index contributed by atoms with van der Waals surface area (Å²) >= 11 is 0. The van der Waals surface area contributed by atoms with Gasteiger partial charge in [-0.05, 0) is 25.5 Å². The lowest BCUT2D eigenvalue weighted by Crippen LogP contribution is -2.31. The fourth-order valence-corrected chi connectivity index (χ4v) is 1.49. The molecule has 86 valence electrons. The van der Waals surface area contributed by atoms with Crippen molar-refractivity contribution in [2.24, 2.45) is 0 Å². The van der Waals surface area contributed by atoms with Crippen molar-refractivity contribution in [3.8, 4) is 6.07 Å². The van der Waals surface area contributed by atoms with Gasteiger partial charge < -0.3 is 9.88 Å². The first kappa shape index (κ1) is 12.3. The van der Waals surface area contributed by atoms with Gasteiger partial charge >= 0.3 is 0 Å². The maximum absolute atomic E-state index is 11.7. The van der Waals surface area contributed by atoms with Gasteiger partial charge in [-0.1, -0.05) is 13.3 Å². The second-order valence-corrected chi connectivity index (χ2v) is 3.73. The van der Waals surface area contributed by atoms with Crippen LogP contribution in [0, 0.1) is 11.3 Å². The number of aromatic nitrogens is 1. The predicted octanol–water partition coefficient (Wildman–Crippen LogP) is 1.84. The Balaban J connectivity index is 2.61. The highest BCUT2D eigenvalue weighted by atomic mass is 16.2. The Morgan fingerprint density at radius 3 is 3.06 bits per heavy atom. The van der Waals surface area contributed by atoms with Gasteiger partial charge in [0.1, 0.15) is 17.8 Å². The minimum atomic E-state index is -0.332. The second-order valence-electron chi connectivity index (χ2n) is 3.73. The molecule has 4 heteroatoms. The van der Waals surface area contributed by atoms with Crippen molar-refractivity contribution in [2.45, 2.75) is 32.7 Å². The summed E-state index contributed by atoms with van der Waals surface area (Å²) < 4.78 is 1.68. The summed E-state index contributed by atoms with van der Waals surface area (Å²) in [4.78, 5) is 11.7. The maximum Gasteiger partial charge on any atom is 0.242 e. The van der Waals surface area contributed by atoms with Crippen molar-refractivity contribution in [1.29, 1.82) is 5.26 Å². The van der Waals surface area contributed by atoms with Gasteiger partial charge in [-0.15, -0.1) is 0 Å². The van der Waals surface area contributed by atoms with Crippen LogP contribution in [0.3, 0.4) is 0 Å². The van der Waals surface area contributed by atoms with Gasteiger partial charge in [0.15, 0.2) is 0 Å². The van der Waals surface area contributed by atoms with Crippen molar-refractivity contribution in [1.82, 2.24) is 9.88 Å². The Morgan fingerprint density at radius 2 is 2.44 bits per heavy atom. The van der Waals surface area contributed by atoms with E-state index in [-0.39, 0.29) is 11.9 Å². The standard InChI is InChI=1S/C12H17N3O/c1-3-4-7-14-12(16)10(2)15-8-5-6-11(15)9-13/h5-6,8,10H,3-4,7H2,1-2H3,(H,14,16). The predicted molar refractivity (Wildman–Crippen MR) is 61.8 cm³/mol. The molecule has 0 fully saturated rings. The largest absolute Gasteiger partial charge is 0.354 e. The number of nitriles is 1. The number of hydrogen-bond donors (Lipinski definition) is 1. The molecule has 1 aromatic rings. The number of carbonyl (C=O) groups is 1. The molecule has 16 heavy (non-hydrogen) atoms. The lowest BCUT2D eigenvalue weighted by atomic mass is 10.2. The zero-order valence-corrected chi connectivity index (χ0v) is 9.73. The molecule has 0 bridgehead atoms. The lowest BCUT2D eigenvalue weighted by Gasteiger charge is -2.14. The topological polar surface area (TPSA) is 57.8 Å². The Kier molecular flexibility index (Phi) is 4.59. The molecule has 1 amide bonds. The number of nitrogens with zero attached hydrogens (tertiary/aromatic N) is 2. The van der Waals surface area contributed by atoms with Gasteiger partial charge in [0, 0.05) is 12.7 Å². The van der Waals surface area contributed by atoms with E-state index in [4.69, 9.17) is 5.26 Å². The van der Waals surface area contributed by atoms with Crippen LogP contribution in [0.2, 0.25) is 0 Å². The number of unbranched alkanes of at least 4 members (excludes halogenated alkanes) is 1.